The Morgan fingerprint density at radius 2 is 1.83 bits per heavy atom. The van der Waals surface area contributed by atoms with Crippen molar-refractivity contribution in [2.45, 2.75) is 12.6 Å². The van der Waals surface area contributed by atoms with Crippen LogP contribution in [0.4, 0.5) is 9.18 Å². The lowest BCUT2D eigenvalue weighted by molar-refractivity contribution is 0.0918. The molecule has 2 N–H and O–H groups in total. The van der Waals surface area contributed by atoms with Crippen LogP contribution in [0.25, 0.3) is 0 Å². The Kier molecular flexibility index (Phi) is 4.61. The second kappa shape index (κ2) is 7.00. The number of para-hydroxylation sites is 2. The molecule has 2 amide bonds. The predicted octanol–water partition coefficient (Wildman–Crippen LogP) is 2.46. The van der Waals surface area contributed by atoms with Crippen molar-refractivity contribution in [1.82, 2.24) is 10.6 Å². The first-order valence-corrected chi connectivity index (χ1v) is 7.35. The molecule has 0 aromatic heterocycles. The highest BCUT2D eigenvalue weighted by Gasteiger charge is 2.20. The highest BCUT2D eigenvalue weighted by molar-refractivity contribution is 5.73. The van der Waals surface area contributed by atoms with E-state index in [4.69, 9.17) is 9.47 Å². The molecule has 5 nitrogen and oxygen atoms in total. The van der Waals surface area contributed by atoms with E-state index in [0.29, 0.717) is 31.2 Å². The molecule has 0 saturated heterocycles. The summed E-state index contributed by atoms with van der Waals surface area (Å²) in [5.41, 5.74) is 0.827. The van der Waals surface area contributed by atoms with E-state index in [0.717, 1.165) is 5.56 Å². The van der Waals surface area contributed by atoms with E-state index in [1.165, 1.54) is 12.1 Å². The van der Waals surface area contributed by atoms with Crippen molar-refractivity contribution in [1.29, 1.82) is 0 Å². The van der Waals surface area contributed by atoms with Gasteiger partial charge in [-0.05, 0) is 29.8 Å². The summed E-state index contributed by atoms with van der Waals surface area (Å²) in [4.78, 5) is 11.8. The molecule has 0 radical (unpaired) electrons. The molecule has 1 unspecified atom stereocenters. The molecule has 1 aliphatic rings. The van der Waals surface area contributed by atoms with E-state index in [9.17, 15) is 9.18 Å². The summed E-state index contributed by atoms with van der Waals surface area (Å²) in [6.45, 7) is 1.05. The molecule has 0 saturated carbocycles. The van der Waals surface area contributed by atoms with Gasteiger partial charge in [0, 0.05) is 6.54 Å². The number of amides is 2. The van der Waals surface area contributed by atoms with Gasteiger partial charge in [0.15, 0.2) is 17.6 Å². The van der Waals surface area contributed by atoms with Gasteiger partial charge >= 0.3 is 6.03 Å². The van der Waals surface area contributed by atoms with Crippen molar-refractivity contribution >= 4 is 6.03 Å². The van der Waals surface area contributed by atoms with Gasteiger partial charge in [-0.15, -0.1) is 0 Å². The van der Waals surface area contributed by atoms with Crippen molar-refractivity contribution < 1.29 is 18.7 Å². The number of ether oxygens (including phenoxy) is 2. The van der Waals surface area contributed by atoms with E-state index in [2.05, 4.69) is 10.6 Å². The average Bonchev–Trinajstić information content (AvgIpc) is 2.59. The lowest BCUT2D eigenvalue weighted by Crippen LogP contribution is -2.44. The van der Waals surface area contributed by atoms with Crippen LogP contribution < -0.4 is 20.1 Å². The Morgan fingerprint density at radius 3 is 2.61 bits per heavy atom. The number of hydrogen-bond acceptors (Lipinski definition) is 3. The average molecular weight is 316 g/mol. The molecule has 1 aliphatic heterocycles. The standard InChI is InChI=1S/C17H17FN2O3/c18-13-7-5-12(6-8-13)9-19-17(21)20-10-14-11-22-15-3-1-2-4-16(15)23-14/h1-8,14H,9-11H2,(H2,19,20,21). The van der Waals surface area contributed by atoms with Gasteiger partial charge in [-0.1, -0.05) is 24.3 Å². The second-order valence-corrected chi connectivity index (χ2v) is 5.19. The third-order valence-corrected chi connectivity index (χ3v) is 3.42. The number of halogens is 1. The molecule has 0 bridgehead atoms. The minimum atomic E-state index is -0.309. The van der Waals surface area contributed by atoms with Crippen LogP contribution in [-0.2, 0) is 6.54 Å². The van der Waals surface area contributed by atoms with Gasteiger partial charge in [0.2, 0.25) is 0 Å². The number of hydrogen-bond donors (Lipinski definition) is 2. The molecule has 1 atom stereocenters. The lowest BCUT2D eigenvalue weighted by Gasteiger charge is -2.26. The summed E-state index contributed by atoms with van der Waals surface area (Å²) >= 11 is 0. The largest absolute Gasteiger partial charge is 0.486 e. The molecule has 0 fully saturated rings. The van der Waals surface area contributed by atoms with Crippen molar-refractivity contribution in [3.63, 3.8) is 0 Å². The van der Waals surface area contributed by atoms with Crippen LogP contribution in [0.3, 0.4) is 0 Å². The van der Waals surface area contributed by atoms with Gasteiger partial charge in [0.1, 0.15) is 12.4 Å². The first-order valence-electron chi connectivity index (χ1n) is 7.35. The van der Waals surface area contributed by atoms with E-state index >= 15 is 0 Å². The molecular weight excluding hydrogens is 299 g/mol. The van der Waals surface area contributed by atoms with E-state index < -0.39 is 0 Å². The monoisotopic (exact) mass is 316 g/mol. The van der Waals surface area contributed by atoms with E-state index in [1.54, 1.807) is 12.1 Å². The predicted molar refractivity (Wildman–Crippen MR) is 83.0 cm³/mol. The van der Waals surface area contributed by atoms with Crippen LogP contribution >= 0.6 is 0 Å². The molecule has 2 aromatic carbocycles. The van der Waals surface area contributed by atoms with Crippen LogP contribution in [-0.4, -0.2) is 25.3 Å². The highest BCUT2D eigenvalue weighted by atomic mass is 19.1. The highest BCUT2D eigenvalue weighted by Crippen LogP contribution is 2.30. The molecule has 0 spiro atoms. The summed E-state index contributed by atoms with van der Waals surface area (Å²) < 4.78 is 24.1. The SMILES string of the molecule is O=C(NCc1ccc(F)cc1)NCC1COc2ccccc2O1. The zero-order valence-corrected chi connectivity index (χ0v) is 12.4. The minimum Gasteiger partial charge on any atom is -0.486 e. The summed E-state index contributed by atoms with van der Waals surface area (Å²) in [6.07, 6.45) is -0.235. The zero-order chi connectivity index (χ0) is 16.1. The molecule has 23 heavy (non-hydrogen) atoms. The van der Waals surface area contributed by atoms with Gasteiger partial charge in [-0.3, -0.25) is 0 Å². The van der Waals surface area contributed by atoms with Crippen LogP contribution in [0.2, 0.25) is 0 Å². The Balaban J connectivity index is 1.42. The third kappa shape index (κ3) is 4.12. The minimum absolute atomic E-state index is 0.235. The number of nitrogens with one attached hydrogen (secondary N) is 2. The quantitative estimate of drug-likeness (QED) is 0.911. The number of carbonyl (C=O) groups is 1. The Labute approximate surface area is 133 Å². The van der Waals surface area contributed by atoms with Crippen LogP contribution in [0.1, 0.15) is 5.56 Å². The molecule has 3 rings (SSSR count). The topological polar surface area (TPSA) is 59.6 Å². The van der Waals surface area contributed by atoms with Gasteiger partial charge in [0.25, 0.3) is 0 Å². The summed E-state index contributed by atoms with van der Waals surface area (Å²) in [5, 5.41) is 5.44. The summed E-state index contributed by atoms with van der Waals surface area (Å²) in [5.74, 6) is 1.09. The van der Waals surface area contributed by atoms with Crippen molar-refractivity contribution in [3.8, 4) is 11.5 Å². The van der Waals surface area contributed by atoms with Crippen molar-refractivity contribution in [3.05, 3.63) is 59.9 Å². The fourth-order valence-corrected chi connectivity index (χ4v) is 2.22. The number of urea groups is 1. The number of benzene rings is 2. The van der Waals surface area contributed by atoms with Crippen LogP contribution in [0.5, 0.6) is 11.5 Å². The fourth-order valence-electron chi connectivity index (χ4n) is 2.22. The van der Waals surface area contributed by atoms with Crippen LogP contribution in [0.15, 0.2) is 48.5 Å². The molecular formula is C17H17FN2O3. The van der Waals surface area contributed by atoms with Crippen molar-refractivity contribution in [2.75, 3.05) is 13.2 Å². The Hall–Kier alpha value is -2.76. The third-order valence-electron chi connectivity index (χ3n) is 3.42. The van der Waals surface area contributed by atoms with Crippen LogP contribution in [0, 0.1) is 5.82 Å². The van der Waals surface area contributed by atoms with Crippen molar-refractivity contribution in [2.24, 2.45) is 0 Å². The maximum Gasteiger partial charge on any atom is 0.315 e. The smallest absolute Gasteiger partial charge is 0.315 e. The summed E-state index contributed by atoms with van der Waals surface area (Å²) in [7, 11) is 0. The Bertz CT molecular complexity index is 676. The zero-order valence-electron chi connectivity index (χ0n) is 12.4. The lowest BCUT2D eigenvalue weighted by atomic mass is 10.2. The Morgan fingerprint density at radius 1 is 1.09 bits per heavy atom. The maximum atomic E-state index is 12.8. The van der Waals surface area contributed by atoms with Gasteiger partial charge in [0.05, 0.1) is 6.54 Å². The molecule has 0 aliphatic carbocycles. The van der Waals surface area contributed by atoms with Gasteiger partial charge in [-0.25, -0.2) is 9.18 Å². The maximum absolute atomic E-state index is 12.8. The number of rotatable bonds is 4. The van der Waals surface area contributed by atoms with E-state index in [1.807, 2.05) is 24.3 Å². The summed E-state index contributed by atoms with van der Waals surface area (Å²) in [6, 6.07) is 13.1. The number of fused-ring (bicyclic) bond motifs is 1. The van der Waals surface area contributed by atoms with Gasteiger partial charge < -0.3 is 20.1 Å². The van der Waals surface area contributed by atoms with Gasteiger partial charge in [-0.2, -0.15) is 0 Å². The molecule has 120 valence electrons. The normalized spacial score (nSPS) is 15.8. The fraction of sp³-hybridized carbons (Fsp3) is 0.235. The molecule has 1 heterocycles. The first kappa shape index (κ1) is 15.1. The molecule has 2 aromatic rings. The molecule has 6 heteroatoms. The second-order valence-electron chi connectivity index (χ2n) is 5.19. The first-order chi connectivity index (χ1) is 11.2. The van der Waals surface area contributed by atoms with E-state index in [-0.39, 0.29) is 18.0 Å². The number of carbonyl (C=O) groups excluding carboxylic acids is 1.